The highest BCUT2D eigenvalue weighted by atomic mass is 19.1. The zero-order valence-electron chi connectivity index (χ0n) is 13.5. The van der Waals surface area contributed by atoms with Crippen LogP contribution in [-0.4, -0.2) is 18.0 Å². The van der Waals surface area contributed by atoms with Crippen LogP contribution in [0.5, 0.6) is 5.75 Å². The standard InChI is InChI=1S/C19H21FN2O2/c1-12(19(21)23)22-18-10-17(18)14-4-8-16(9-5-14)24-11-13-2-6-15(20)7-3-13/h2-9,12,17-18,22H,10-11H2,1H3,(H2,21,23)/t12-,17?,18?/m1/s1. The highest BCUT2D eigenvalue weighted by molar-refractivity contribution is 5.79. The first kappa shape index (κ1) is 16.5. The minimum absolute atomic E-state index is 0.249. The number of nitrogens with two attached hydrogens (primary N) is 1. The Morgan fingerprint density at radius 3 is 2.54 bits per heavy atom. The molecule has 1 aliphatic rings. The first-order chi connectivity index (χ1) is 11.5. The van der Waals surface area contributed by atoms with Crippen LogP contribution >= 0.6 is 0 Å². The summed E-state index contributed by atoms with van der Waals surface area (Å²) in [7, 11) is 0. The van der Waals surface area contributed by atoms with Gasteiger partial charge in [0.1, 0.15) is 18.2 Å². The number of benzene rings is 2. The number of hydrogen-bond donors (Lipinski definition) is 2. The van der Waals surface area contributed by atoms with Crippen molar-refractivity contribution in [1.82, 2.24) is 5.32 Å². The van der Waals surface area contributed by atoms with Gasteiger partial charge in [0, 0.05) is 12.0 Å². The van der Waals surface area contributed by atoms with Crippen LogP contribution in [0.2, 0.25) is 0 Å². The van der Waals surface area contributed by atoms with Crippen LogP contribution in [0.4, 0.5) is 4.39 Å². The molecule has 2 aromatic rings. The Hall–Kier alpha value is -2.40. The summed E-state index contributed by atoms with van der Waals surface area (Å²) in [6.45, 7) is 2.19. The second kappa shape index (κ2) is 7.01. The molecule has 0 radical (unpaired) electrons. The molecule has 0 heterocycles. The van der Waals surface area contributed by atoms with E-state index in [2.05, 4.69) is 5.32 Å². The largest absolute Gasteiger partial charge is 0.489 e. The topological polar surface area (TPSA) is 64.3 Å². The normalized spacial score (nSPS) is 20.4. The van der Waals surface area contributed by atoms with E-state index < -0.39 is 0 Å². The van der Waals surface area contributed by atoms with Crippen molar-refractivity contribution >= 4 is 5.91 Å². The van der Waals surface area contributed by atoms with Crippen molar-refractivity contribution in [1.29, 1.82) is 0 Å². The summed E-state index contributed by atoms with van der Waals surface area (Å²) < 4.78 is 18.6. The van der Waals surface area contributed by atoms with Gasteiger partial charge in [-0.3, -0.25) is 4.79 Å². The lowest BCUT2D eigenvalue weighted by atomic mass is 10.1. The summed E-state index contributed by atoms with van der Waals surface area (Å²) in [5, 5.41) is 3.23. The van der Waals surface area contributed by atoms with Crippen molar-refractivity contribution in [3.8, 4) is 5.75 Å². The molecule has 24 heavy (non-hydrogen) atoms. The SMILES string of the molecule is C[C@@H](NC1CC1c1ccc(OCc2ccc(F)cc2)cc1)C(N)=O. The number of amides is 1. The summed E-state index contributed by atoms with van der Waals surface area (Å²) in [6, 6.07) is 14.2. The Bertz CT molecular complexity index is 700. The number of hydrogen-bond acceptors (Lipinski definition) is 3. The third kappa shape index (κ3) is 4.11. The number of halogens is 1. The molecule has 126 valence electrons. The van der Waals surface area contributed by atoms with Crippen molar-refractivity contribution in [3.05, 3.63) is 65.5 Å². The summed E-state index contributed by atoms with van der Waals surface area (Å²) in [5.74, 6) is 0.614. The zero-order chi connectivity index (χ0) is 17.1. The molecule has 2 aromatic carbocycles. The molecule has 4 nitrogen and oxygen atoms in total. The lowest BCUT2D eigenvalue weighted by molar-refractivity contribution is -0.119. The summed E-state index contributed by atoms with van der Waals surface area (Å²) in [5.41, 5.74) is 7.41. The molecule has 0 aliphatic heterocycles. The fourth-order valence-corrected chi connectivity index (χ4v) is 2.71. The molecule has 3 rings (SSSR count). The van der Waals surface area contributed by atoms with Gasteiger partial charge < -0.3 is 15.8 Å². The van der Waals surface area contributed by atoms with E-state index in [4.69, 9.17) is 10.5 Å². The van der Waals surface area contributed by atoms with Crippen molar-refractivity contribution in [2.24, 2.45) is 5.73 Å². The number of primary amides is 1. The van der Waals surface area contributed by atoms with E-state index in [0.29, 0.717) is 18.6 Å². The molecule has 5 heteroatoms. The monoisotopic (exact) mass is 328 g/mol. The van der Waals surface area contributed by atoms with Crippen LogP contribution < -0.4 is 15.8 Å². The van der Waals surface area contributed by atoms with Crippen molar-refractivity contribution in [2.75, 3.05) is 0 Å². The van der Waals surface area contributed by atoms with E-state index in [9.17, 15) is 9.18 Å². The minimum atomic E-state index is -0.329. The molecule has 0 aromatic heterocycles. The molecule has 1 amide bonds. The zero-order valence-corrected chi connectivity index (χ0v) is 13.5. The summed E-state index contributed by atoms with van der Waals surface area (Å²) in [4.78, 5) is 11.1. The third-order valence-corrected chi connectivity index (χ3v) is 4.31. The fourth-order valence-electron chi connectivity index (χ4n) is 2.71. The van der Waals surface area contributed by atoms with E-state index >= 15 is 0 Å². The molecule has 3 atom stereocenters. The van der Waals surface area contributed by atoms with Crippen LogP contribution in [0.15, 0.2) is 48.5 Å². The summed E-state index contributed by atoms with van der Waals surface area (Å²) >= 11 is 0. The molecule has 1 saturated carbocycles. The van der Waals surface area contributed by atoms with Gasteiger partial charge >= 0.3 is 0 Å². The van der Waals surface area contributed by atoms with Gasteiger partial charge in [0.15, 0.2) is 0 Å². The Morgan fingerprint density at radius 1 is 1.25 bits per heavy atom. The van der Waals surface area contributed by atoms with E-state index in [-0.39, 0.29) is 17.8 Å². The number of nitrogens with one attached hydrogen (secondary N) is 1. The van der Waals surface area contributed by atoms with Crippen LogP contribution in [0.3, 0.4) is 0 Å². The average molecular weight is 328 g/mol. The van der Waals surface area contributed by atoms with Gasteiger partial charge in [0.2, 0.25) is 5.91 Å². The molecule has 2 unspecified atom stereocenters. The van der Waals surface area contributed by atoms with Gasteiger partial charge in [0.05, 0.1) is 6.04 Å². The molecule has 1 aliphatic carbocycles. The predicted octanol–water partition coefficient (Wildman–Crippen LogP) is 2.72. The van der Waals surface area contributed by atoms with Crippen LogP contribution in [0, 0.1) is 5.82 Å². The van der Waals surface area contributed by atoms with Crippen LogP contribution in [-0.2, 0) is 11.4 Å². The van der Waals surface area contributed by atoms with E-state index in [1.54, 1.807) is 19.1 Å². The molecule has 0 bridgehead atoms. The van der Waals surface area contributed by atoms with Crippen LogP contribution in [0.25, 0.3) is 0 Å². The van der Waals surface area contributed by atoms with E-state index in [0.717, 1.165) is 17.7 Å². The van der Waals surface area contributed by atoms with Crippen molar-refractivity contribution < 1.29 is 13.9 Å². The van der Waals surface area contributed by atoms with Gasteiger partial charge in [-0.2, -0.15) is 0 Å². The highest BCUT2D eigenvalue weighted by Gasteiger charge is 2.39. The number of carbonyl (C=O) groups excluding carboxylic acids is 1. The van der Waals surface area contributed by atoms with Crippen LogP contribution in [0.1, 0.15) is 30.4 Å². The van der Waals surface area contributed by atoms with Gasteiger partial charge in [-0.15, -0.1) is 0 Å². The maximum Gasteiger partial charge on any atom is 0.234 e. The van der Waals surface area contributed by atoms with Gasteiger partial charge in [-0.25, -0.2) is 4.39 Å². The third-order valence-electron chi connectivity index (χ3n) is 4.31. The second-order valence-electron chi connectivity index (χ2n) is 6.22. The Morgan fingerprint density at radius 2 is 1.92 bits per heavy atom. The van der Waals surface area contributed by atoms with Gasteiger partial charge in [-0.1, -0.05) is 24.3 Å². The molecule has 1 fully saturated rings. The van der Waals surface area contributed by atoms with Gasteiger partial charge in [0.25, 0.3) is 0 Å². The maximum absolute atomic E-state index is 12.9. The maximum atomic E-state index is 12.9. The number of rotatable bonds is 7. The predicted molar refractivity (Wildman–Crippen MR) is 90.1 cm³/mol. The smallest absolute Gasteiger partial charge is 0.234 e. The van der Waals surface area contributed by atoms with Crippen molar-refractivity contribution in [3.63, 3.8) is 0 Å². The summed E-state index contributed by atoms with van der Waals surface area (Å²) in [6.07, 6.45) is 1.01. The molecular weight excluding hydrogens is 307 g/mol. The molecule has 0 saturated heterocycles. The second-order valence-corrected chi connectivity index (χ2v) is 6.22. The quantitative estimate of drug-likeness (QED) is 0.821. The Kier molecular flexibility index (Phi) is 4.81. The fraction of sp³-hybridized carbons (Fsp3) is 0.316. The molecule has 0 spiro atoms. The highest BCUT2D eigenvalue weighted by Crippen LogP contribution is 2.41. The average Bonchev–Trinajstić information content (AvgIpc) is 3.34. The lowest BCUT2D eigenvalue weighted by Gasteiger charge is -2.10. The van der Waals surface area contributed by atoms with Gasteiger partial charge in [-0.05, 0) is 48.7 Å². The lowest BCUT2D eigenvalue weighted by Crippen LogP contribution is -2.40. The first-order valence-electron chi connectivity index (χ1n) is 8.05. The van der Waals surface area contributed by atoms with E-state index in [1.807, 2.05) is 24.3 Å². The number of carbonyl (C=O) groups is 1. The minimum Gasteiger partial charge on any atom is -0.489 e. The number of ether oxygens (including phenoxy) is 1. The molecular formula is C19H21FN2O2. The van der Waals surface area contributed by atoms with E-state index in [1.165, 1.54) is 17.7 Å². The molecule has 3 N–H and O–H groups in total. The van der Waals surface area contributed by atoms with Crippen molar-refractivity contribution in [2.45, 2.75) is 38.0 Å². The Balaban J connectivity index is 1.51. The Labute approximate surface area is 140 Å². The first-order valence-corrected chi connectivity index (χ1v) is 8.05.